The van der Waals surface area contributed by atoms with Crippen LogP contribution in [-0.2, 0) is 44.7 Å². The highest BCUT2D eigenvalue weighted by molar-refractivity contribution is 5.97. The number of benzene rings is 1. The Morgan fingerprint density at radius 2 is 1.71 bits per heavy atom. The Kier molecular flexibility index (Phi) is 14.1. The van der Waals surface area contributed by atoms with Gasteiger partial charge in [-0.2, -0.15) is 0 Å². The van der Waals surface area contributed by atoms with Gasteiger partial charge in [0.1, 0.15) is 42.9 Å². The molecular formula is C38H52N6O8. The molecule has 6 amide bonds. The minimum absolute atomic E-state index is 0.0439. The van der Waals surface area contributed by atoms with E-state index in [-0.39, 0.29) is 37.8 Å². The van der Waals surface area contributed by atoms with Crippen molar-refractivity contribution < 1.29 is 38.3 Å². The van der Waals surface area contributed by atoms with Gasteiger partial charge in [0.05, 0.1) is 0 Å². The van der Waals surface area contributed by atoms with Crippen molar-refractivity contribution in [1.82, 2.24) is 30.7 Å². The second-order valence-electron chi connectivity index (χ2n) is 13.9. The first-order valence-corrected chi connectivity index (χ1v) is 18.1. The zero-order valence-corrected chi connectivity index (χ0v) is 30.7. The van der Waals surface area contributed by atoms with Crippen LogP contribution in [0.5, 0.6) is 0 Å². The molecule has 1 aromatic carbocycles. The number of nitrogens with one attached hydrogen (secondary N) is 3. The molecule has 3 saturated heterocycles. The van der Waals surface area contributed by atoms with Crippen molar-refractivity contribution in [3.05, 3.63) is 60.2 Å². The standard InChI is InChI=1S/C38H52N6O8/c1-6-7-8-9-13-18-32(45)40-28(21-27-15-11-10-12-16-27)34(47)41-29-23-52-38(51)31-20-24(2)22-44(31)35(48)25(3)39-33(46)26(4)42(5)37(50)30-17-14-19-43(30)36(29)49/h6-12,15-16,24-26,28-31H,13-14,17-23H2,1-5H3,(H,39,46)(H,40,45)(H,41,47)/b7-6+,9-8+/t24-,25+,26+,28+,29+,30+,31+/m1/s1. The van der Waals surface area contributed by atoms with E-state index in [4.69, 9.17) is 4.74 Å². The smallest absolute Gasteiger partial charge is 0.328 e. The Hall–Kier alpha value is -5.01. The Morgan fingerprint density at radius 3 is 2.42 bits per heavy atom. The molecule has 7 atom stereocenters. The maximum Gasteiger partial charge on any atom is 0.328 e. The minimum atomic E-state index is -1.41. The summed E-state index contributed by atoms with van der Waals surface area (Å²) in [4.78, 5) is 99.3. The molecular weight excluding hydrogens is 668 g/mol. The summed E-state index contributed by atoms with van der Waals surface area (Å²) in [5, 5.41) is 8.20. The number of allylic oxidation sites excluding steroid dienone is 4. The summed E-state index contributed by atoms with van der Waals surface area (Å²) in [6.45, 7) is 6.73. The number of esters is 1. The van der Waals surface area contributed by atoms with Crippen LogP contribution >= 0.6 is 0 Å². The third-order valence-electron chi connectivity index (χ3n) is 9.84. The van der Waals surface area contributed by atoms with E-state index in [2.05, 4.69) is 16.0 Å². The van der Waals surface area contributed by atoms with Gasteiger partial charge >= 0.3 is 5.97 Å². The summed E-state index contributed by atoms with van der Waals surface area (Å²) in [7, 11) is 1.47. The lowest BCUT2D eigenvalue weighted by Crippen LogP contribution is -2.60. The summed E-state index contributed by atoms with van der Waals surface area (Å²) in [5.41, 5.74) is 0.771. The Morgan fingerprint density at radius 1 is 0.981 bits per heavy atom. The summed E-state index contributed by atoms with van der Waals surface area (Å²) < 4.78 is 5.69. The fraction of sp³-hybridized carbons (Fsp3) is 0.553. The first-order valence-electron chi connectivity index (χ1n) is 18.1. The second kappa shape index (κ2) is 18.5. The van der Waals surface area contributed by atoms with Crippen molar-refractivity contribution in [3.8, 4) is 0 Å². The number of hydrogen-bond donors (Lipinski definition) is 3. The van der Waals surface area contributed by atoms with E-state index < -0.39 is 78.4 Å². The number of carbonyl (C=O) groups is 7. The van der Waals surface area contributed by atoms with Crippen LogP contribution in [0, 0.1) is 5.92 Å². The quantitative estimate of drug-likeness (QED) is 0.253. The SMILES string of the molecule is C/C=C/C=C/CCC(=O)N[C@@H](Cc1ccccc1)C(=O)N[C@H]1COC(=O)[C@@H]2C[C@@H](C)CN2C(=O)[C@H](C)NC(=O)[C@H](C)N(C)C(=O)[C@@H]2CCCN2C1=O. The van der Waals surface area contributed by atoms with Crippen LogP contribution in [0.4, 0.5) is 0 Å². The van der Waals surface area contributed by atoms with Crippen molar-refractivity contribution >= 4 is 41.4 Å². The molecule has 3 aliphatic heterocycles. The minimum Gasteiger partial charge on any atom is -0.461 e. The fourth-order valence-electron chi connectivity index (χ4n) is 6.78. The highest BCUT2D eigenvalue weighted by atomic mass is 16.5. The normalized spacial score (nSPS) is 27.0. The lowest BCUT2D eigenvalue weighted by molar-refractivity contribution is -0.158. The zero-order valence-electron chi connectivity index (χ0n) is 30.7. The Labute approximate surface area is 305 Å². The second-order valence-corrected chi connectivity index (χ2v) is 13.9. The average molecular weight is 721 g/mol. The third kappa shape index (κ3) is 10.1. The van der Waals surface area contributed by atoms with E-state index in [0.29, 0.717) is 25.7 Å². The summed E-state index contributed by atoms with van der Waals surface area (Å²) >= 11 is 0. The van der Waals surface area contributed by atoms with Crippen molar-refractivity contribution in [1.29, 1.82) is 0 Å². The molecule has 52 heavy (non-hydrogen) atoms. The predicted molar refractivity (Wildman–Crippen MR) is 192 cm³/mol. The molecule has 282 valence electrons. The topological polar surface area (TPSA) is 175 Å². The van der Waals surface area contributed by atoms with Crippen LogP contribution in [0.1, 0.15) is 65.4 Å². The molecule has 0 spiro atoms. The maximum atomic E-state index is 14.3. The number of fused-ring (bicyclic) bond motifs is 2. The first kappa shape index (κ1) is 39.8. The number of ether oxygens (including phenoxy) is 1. The average Bonchev–Trinajstić information content (AvgIpc) is 3.78. The maximum absolute atomic E-state index is 14.3. The summed E-state index contributed by atoms with van der Waals surface area (Å²) in [5.74, 6) is -3.99. The summed E-state index contributed by atoms with van der Waals surface area (Å²) in [6.07, 6.45) is 9.21. The Balaban J connectivity index is 1.64. The van der Waals surface area contributed by atoms with E-state index in [1.807, 2.05) is 68.5 Å². The van der Waals surface area contributed by atoms with Crippen LogP contribution < -0.4 is 16.0 Å². The van der Waals surface area contributed by atoms with Gasteiger partial charge in [-0.05, 0) is 57.9 Å². The molecule has 3 heterocycles. The number of hydrogen-bond acceptors (Lipinski definition) is 8. The number of nitrogens with zero attached hydrogens (tertiary/aromatic N) is 3. The van der Waals surface area contributed by atoms with Crippen LogP contribution in [0.3, 0.4) is 0 Å². The number of likely N-dealkylation sites (N-methyl/N-ethyl adjacent to an activating group) is 1. The van der Waals surface area contributed by atoms with Crippen LogP contribution in [0.25, 0.3) is 0 Å². The van der Waals surface area contributed by atoms with Crippen molar-refractivity contribution in [3.63, 3.8) is 0 Å². The summed E-state index contributed by atoms with van der Waals surface area (Å²) in [6, 6.07) is 2.76. The highest BCUT2D eigenvalue weighted by Gasteiger charge is 2.44. The molecule has 3 N–H and O–H groups in total. The molecule has 0 unspecified atom stereocenters. The lowest BCUT2D eigenvalue weighted by Gasteiger charge is -2.34. The van der Waals surface area contributed by atoms with Gasteiger partial charge in [-0.3, -0.25) is 28.8 Å². The van der Waals surface area contributed by atoms with Crippen molar-refractivity contribution in [2.24, 2.45) is 5.92 Å². The zero-order chi connectivity index (χ0) is 37.9. The molecule has 0 aliphatic carbocycles. The Bertz CT molecular complexity index is 1550. The van der Waals surface area contributed by atoms with Crippen molar-refractivity contribution in [2.75, 3.05) is 26.7 Å². The molecule has 1 aromatic rings. The first-order chi connectivity index (χ1) is 24.8. The van der Waals surface area contributed by atoms with E-state index in [9.17, 15) is 33.6 Å². The number of carbonyl (C=O) groups excluding carboxylic acids is 7. The number of amides is 6. The van der Waals surface area contributed by atoms with Gasteiger partial charge in [0.25, 0.3) is 0 Å². The third-order valence-corrected chi connectivity index (χ3v) is 9.84. The molecule has 0 radical (unpaired) electrons. The molecule has 14 heteroatoms. The van der Waals surface area contributed by atoms with E-state index in [1.54, 1.807) is 0 Å². The monoisotopic (exact) mass is 720 g/mol. The van der Waals surface area contributed by atoms with Gasteiger partial charge in [-0.25, -0.2) is 4.79 Å². The van der Waals surface area contributed by atoms with Gasteiger partial charge in [-0.1, -0.05) is 61.6 Å². The lowest BCUT2D eigenvalue weighted by atomic mass is 10.0. The molecule has 0 saturated carbocycles. The molecule has 3 aliphatic rings. The predicted octanol–water partition coefficient (Wildman–Crippen LogP) is 1.25. The van der Waals surface area contributed by atoms with Crippen LogP contribution in [0.15, 0.2) is 54.6 Å². The van der Waals surface area contributed by atoms with E-state index in [0.717, 1.165) is 5.56 Å². The molecule has 3 fully saturated rings. The number of cyclic esters (lactones) is 1. The van der Waals surface area contributed by atoms with E-state index in [1.165, 1.54) is 35.6 Å². The highest BCUT2D eigenvalue weighted by Crippen LogP contribution is 2.26. The molecule has 0 aromatic heterocycles. The van der Waals surface area contributed by atoms with E-state index >= 15 is 0 Å². The molecule has 0 bridgehead atoms. The van der Waals surface area contributed by atoms with Gasteiger partial charge < -0.3 is 35.4 Å². The van der Waals surface area contributed by atoms with Gasteiger partial charge in [0.2, 0.25) is 35.4 Å². The van der Waals surface area contributed by atoms with Gasteiger partial charge in [-0.15, -0.1) is 0 Å². The largest absolute Gasteiger partial charge is 0.461 e. The van der Waals surface area contributed by atoms with Gasteiger partial charge in [0, 0.05) is 33.0 Å². The van der Waals surface area contributed by atoms with Gasteiger partial charge in [0.15, 0.2) is 0 Å². The van der Waals surface area contributed by atoms with Crippen molar-refractivity contribution in [2.45, 2.75) is 102 Å². The van der Waals surface area contributed by atoms with Crippen LogP contribution in [-0.4, -0.2) is 119 Å². The number of rotatable bonds is 9. The molecule has 4 rings (SSSR count). The van der Waals surface area contributed by atoms with Crippen LogP contribution in [0.2, 0.25) is 0 Å². The fourth-order valence-corrected chi connectivity index (χ4v) is 6.78. The molecule has 14 nitrogen and oxygen atoms in total.